The maximum Gasteiger partial charge on any atom is 0.253 e. The number of nitrogens with zero attached hydrogens (tertiary/aromatic N) is 6. The topological polar surface area (TPSA) is 245 Å². The summed E-state index contributed by atoms with van der Waals surface area (Å²) in [5.74, 6) is 0. The average molecular weight is 883 g/mol. The first-order chi connectivity index (χ1) is 28.0. The first kappa shape index (κ1) is 49.4. The molecular weight excluding hydrogens is 828 g/mol. The number of nitrogens with one attached hydrogen (secondary N) is 1. The molecule has 3 aliphatic heterocycles. The molecule has 21 heteroatoms. The van der Waals surface area contributed by atoms with Gasteiger partial charge >= 0.3 is 0 Å². The molecule has 18 nitrogen and oxygen atoms in total. The minimum Gasteiger partial charge on any atom is -0.412 e. The Hall–Kier alpha value is -3.93. The van der Waals surface area contributed by atoms with Gasteiger partial charge in [-0.25, -0.2) is 30.9 Å². The smallest absolute Gasteiger partial charge is 0.253 e. The fraction of sp³-hybridized carbons (Fsp3) is 0.474. The summed E-state index contributed by atoms with van der Waals surface area (Å²) in [6.07, 6.45) is 12.3. The van der Waals surface area contributed by atoms with E-state index >= 15 is 0 Å². The maximum atomic E-state index is 11.4. The van der Waals surface area contributed by atoms with Gasteiger partial charge in [-0.2, -0.15) is 0 Å². The van der Waals surface area contributed by atoms with Crippen LogP contribution in [-0.4, -0.2) is 91.3 Å². The lowest BCUT2D eigenvalue weighted by Gasteiger charge is -2.22. The molecule has 5 N–H and O–H groups in total. The summed E-state index contributed by atoms with van der Waals surface area (Å²) in [4.78, 5) is 0. The molecule has 0 radical (unpaired) electrons. The second-order valence-corrected chi connectivity index (χ2v) is 17.3. The molecule has 0 amide bonds. The van der Waals surface area contributed by atoms with Crippen LogP contribution in [0.1, 0.15) is 73.9 Å². The van der Waals surface area contributed by atoms with E-state index in [9.17, 15) is 16.8 Å². The van der Waals surface area contributed by atoms with E-state index in [0.29, 0.717) is 25.2 Å². The van der Waals surface area contributed by atoms with Crippen molar-refractivity contribution < 1.29 is 46.0 Å². The van der Waals surface area contributed by atoms with E-state index in [2.05, 4.69) is 49.2 Å². The summed E-state index contributed by atoms with van der Waals surface area (Å²) in [6.45, 7) is 11.2. The SMILES string of the molecule is C1CCOC1.C=CS(=O)(=O)Cl.C=CS(=O)(=O)NCc1ccc(-n2cc(COC3CCCCO3)nn2)cc1.NCc1ccc(-n2cc(COC3CCCCO3)nn2)cc1.O. The second kappa shape index (κ2) is 26.3. The molecule has 2 aromatic carbocycles. The minimum atomic E-state index is -3.43. The third-order valence-electron chi connectivity index (χ3n) is 8.55. The van der Waals surface area contributed by atoms with Crippen LogP contribution in [0.5, 0.6) is 0 Å². The maximum absolute atomic E-state index is 11.4. The highest BCUT2D eigenvalue weighted by Crippen LogP contribution is 2.17. The van der Waals surface area contributed by atoms with Crippen LogP contribution < -0.4 is 10.5 Å². The van der Waals surface area contributed by atoms with Crippen LogP contribution in [0.2, 0.25) is 0 Å². The monoisotopic (exact) mass is 882 g/mol. The van der Waals surface area contributed by atoms with E-state index in [4.69, 9.17) is 29.4 Å². The zero-order valence-corrected chi connectivity index (χ0v) is 35.3. The van der Waals surface area contributed by atoms with Crippen molar-refractivity contribution in [2.24, 2.45) is 5.73 Å². The van der Waals surface area contributed by atoms with Gasteiger partial charge in [-0.3, -0.25) is 0 Å². The van der Waals surface area contributed by atoms with E-state index in [1.807, 2.05) is 54.7 Å². The molecule has 3 aliphatic rings. The molecule has 4 aromatic rings. The van der Waals surface area contributed by atoms with Crippen LogP contribution in [0.3, 0.4) is 0 Å². The summed E-state index contributed by atoms with van der Waals surface area (Å²) < 4.78 is 75.2. The molecule has 0 spiro atoms. The normalized spacial score (nSPS) is 17.7. The number of hydrogen-bond donors (Lipinski definition) is 2. The number of ether oxygens (including phenoxy) is 5. The number of benzene rings is 2. The molecule has 5 heterocycles. The van der Waals surface area contributed by atoms with Crippen molar-refractivity contribution in [3.8, 4) is 11.4 Å². The van der Waals surface area contributed by atoms with Crippen molar-refractivity contribution in [2.45, 2.75) is 90.2 Å². The number of nitrogens with two attached hydrogens (primary N) is 1. The van der Waals surface area contributed by atoms with Crippen molar-refractivity contribution >= 4 is 29.8 Å². The van der Waals surface area contributed by atoms with Crippen molar-refractivity contribution in [1.29, 1.82) is 0 Å². The summed E-state index contributed by atoms with van der Waals surface area (Å²) >= 11 is 0. The first-order valence-electron chi connectivity index (χ1n) is 18.9. The molecule has 326 valence electrons. The van der Waals surface area contributed by atoms with E-state index in [0.717, 1.165) is 104 Å². The summed E-state index contributed by atoms with van der Waals surface area (Å²) in [5, 5.41) is 18.0. The third kappa shape index (κ3) is 19.3. The molecule has 3 fully saturated rings. The van der Waals surface area contributed by atoms with Crippen molar-refractivity contribution in [3.63, 3.8) is 0 Å². The first-order valence-corrected chi connectivity index (χ1v) is 22.8. The van der Waals surface area contributed by atoms with E-state index in [1.165, 1.54) is 12.8 Å². The van der Waals surface area contributed by atoms with Gasteiger partial charge in [0.05, 0.1) is 37.0 Å². The Balaban J connectivity index is 0.000000250. The molecule has 0 bridgehead atoms. The zero-order chi connectivity index (χ0) is 41.6. The molecule has 0 aliphatic carbocycles. The Kier molecular flexibility index (Phi) is 22.0. The highest BCUT2D eigenvalue weighted by atomic mass is 35.7. The molecule has 3 saturated heterocycles. The van der Waals surface area contributed by atoms with Gasteiger partial charge in [-0.15, -0.1) is 10.2 Å². The Morgan fingerprint density at radius 3 is 1.53 bits per heavy atom. The molecule has 7 rings (SSSR count). The van der Waals surface area contributed by atoms with E-state index in [-0.39, 0.29) is 24.6 Å². The highest BCUT2D eigenvalue weighted by Gasteiger charge is 2.16. The highest BCUT2D eigenvalue weighted by molar-refractivity contribution is 8.16. The third-order valence-corrected chi connectivity index (χ3v) is 10.3. The number of aromatic nitrogens is 6. The lowest BCUT2D eigenvalue weighted by atomic mass is 10.2. The molecule has 59 heavy (non-hydrogen) atoms. The van der Waals surface area contributed by atoms with Crippen LogP contribution >= 0.6 is 10.7 Å². The lowest BCUT2D eigenvalue weighted by Crippen LogP contribution is -2.22. The van der Waals surface area contributed by atoms with Crippen LogP contribution in [0, 0.1) is 0 Å². The van der Waals surface area contributed by atoms with E-state index < -0.39 is 19.1 Å². The average Bonchev–Trinajstić information content (AvgIpc) is 4.08. The molecular formula is C38H55ClN8O10S2. The molecule has 2 atom stereocenters. The number of hydrogen-bond acceptors (Lipinski definition) is 14. The van der Waals surface area contributed by atoms with Gasteiger partial charge in [-0.05, 0) is 86.8 Å². The quantitative estimate of drug-likeness (QED) is 0.168. The minimum absolute atomic E-state index is 0. The molecule has 2 aromatic heterocycles. The van der Waals surface area contributed by atoms with Crippen molar-refractivity contribution in [1.82, 2.24) is 34.7 Å². The predicted octanol–water partition coefficient (Wildman–Crippen LogP) is 4.31. The van der Waals surface area contributed by atoms with Crippen LogP contribution in [0.25, 0.3) is 11.4 Å². The van der Waals surface area contributed by atoms with Gasteiger partial charge < -0.3 is 34.9 Å². The number of sulfonamides is 1. The van der Waals surface area contributed by atoms with Gasteiger partial charge in [0.15, 0.2) is 12.6 Å². The summed E-state index contributed by atoms with van der Waals surface area (Å²) in [7, 11) is -2.28. The Bertz CT molecular complexity index is 2000. The predicted molar refractivity (Wildman–Crippen MR) is 222 cm³/mol. The Morgan fingerprint density at radius 1 is 0.729 bits per heavy atom. The molecule has 0 saturated carbocycles. The van der Waals surface area contributed by atoms with Crippen molar-refractivity contribution in [3.05, 3.63) is 107 Å². The van der Waals surface area contributed by atoms with Gasteiger partial charge in [0.25, 0.3) is 9.05 Å². The fourth-order valence-corrected chi connectivity index (χ4v) is 5.81. The van der Waals surface area contributed by atoms with Crippen LogP contribution in [0.4, 0.5) is 0 Å². The van der Waals surface area contributed by atoms with Crippen LogP contribution in [-0.2, 0) is 69.1 Å². The molecule has 2 unspecified atom stereocenters. The zero-order valence-electron chi connectivity index (χ0n) is 32.9. The number of halogens is 1. The summed E-state index contributed by atoms with van der Waals surface area (Å²) in [5.41, 5.74) is 10.8. The van der Waals surface area contributed by atoms with E-state index in [1.54, 1.807) is 15.6 Å². The van der Waals surface area contributed by atoms with Gasteiger partial charge in [-0.1, -0.05) is 47.9 Å². The standard InChI is InChI=1S/C17H22N4O4S.C15H20N4O2.C4H8O.C2H3ClO2S.H2O/c1-2-26(22,23)18-11-14-6-8-16(9-7-14)21-12-15(19-20-21)13-25-17-5-3-4-10-24-17;16-9-12-4-6-14(7-5-12)19-10-13(17-18-19)11-21-15-3-1-2-8-20-15;1-2-4-5-3-1;1-2-6(3,4)5;/h2,6-9,12,17-18H,1,3-5,10-11,13H2;4-7,10,15H,1-3,8-9,11,16H2;1-4H2;2H,1H2;1H2. The van der Waals surface area contributed by atoms with Gasteiger partial charge in [0.2, 0.25) is 10.0 Å². The van der Waals surface area contributed by atoms with Crippen molar-refractivity contribution in [2.75, 3.05) is 26.4 Å². The van der Waals surface area contributed by atoms with Gasteiger partial charge in [0.1, 0.15) is 11.4 Å². The second-order valence-electron chi connectivity index (χ2n) is 13.1. The summed E-state index contributed by atoms with van der Waals surface area (Å²) in [6, 6.07) is 15.3. The lowest BCUT2D eigenvalue weighted by molar-refractivity contribution is -0.169. The Labute approximate surface area is 350 Å². The van der Waals surface area contributed by atoms with Gasteiger partial charge in [0, 0.05) is 61.0 Å². The van der Waals surface area contributed by atoms with Crippen LogP contribution in [0.15, 0.2) is 84.9 Å². The number of rotatable bonds is 14. The largest absolute Gasteiger partial charge is 0.412 e. The fourth-order valence-electron chi connectivity index (χ4n) is 5.33. The Morgan fingerprint density at radius 2 is 1.17 bits per heavy atom.